The second-order valence-corrected chi connectivity index (χ2v) is 5.87. The van der Waals surface area contributed by atoms with Gasteiger partial charge in [0.15, 0.2) is 0 Å². The molecule has 2 rings (SSSR count). The number of aromatic hydroxyl groups is 1. The molecule has 2 unspecified atom stereocenters. The highest BCUT2D eigenvalue weighted by atomic mass is 16.3. The lowest BCUT2D eigenvalue weighted by Crippen LogP contribution is -2.40. The molecule has 1 saturated heterocycles. The van der Waals surface area contributed by atoms with E-state index in [1.165, 1.54) is 31.5 Å². The Bertz CT molecular complexity index is 371. The largest absolute Gasteiger partial charge is 0.508 e. The van der Waals surface area contributed by atoms with Crippen molar-refractivity contribution < 1.29 is 5.11 Å². The molecule has 19 heavy (non-hydrogen) atoms. The van der Waals surface area contributed by atoms with E-state index < -0.39 is 0 Å². The molecule has 0 amide bonds. The topological polar surface area (TPSA) is 35.5 Å². The van der Waals surface area contributed by atoms with Gasteiger partial charge in [0.25, 0.3) is 0 Å². The van der Waals surface area contributed by atoms with Gasteiger partial charge in [-0.05, 0) is 69.9 Å². The fraction of sp³-hybridized carbons (Fsp3) is 0.625. The SMILES string of the molecule is CC(Cc1ccc(O)cc1)N(C)CC1CCCNC1. The van der Waals surface area contributed by atoms with Crippen LogP contribution in [0.25, 0.3) is 0 Å². The molecule has 3 heteroatoms. The molecule has 1 fully saturated rings. The highest BCUT2D eigenvalue weighted by molar-refractivity contribution is 5.26. The monoisotopic (exact) mass is 262 g/mol. The van der Waals surface area contributed by atoms with Crippen LogP contribution in [0.1, 0.15) is 25.3 Å². The molecule has 1 aliphatic rings. The van der Waals surface area contributed by atoms with Gasteiger partial charge in [-0.3, -0.25) is 0 Å². The van der Waals surface area contributed by atoms with E-state index in [1.54, 1.807) is 12.1 Å². The van der Waals surface area contributed by atoms with Crippen LogP contribution in [0, 0.1) is 5.92 Å². The Balaban J connectivity index is 1.81. The maximum absolute atomic E-state index is 9.30. The van der Waals surface area contributed by atoms with Crippen molar-refractivity contribution in [1.29, 1.82) is 0 Å². The summed E-state index contributed by atoms with van der Waals surface area (Å²) in [5, 5.41) is 12.8. The number of benzene rings is 1. The van der Waals surface area contributed by atoms with Crippen molar-refractivity contribution in [3.8, 4) is 5.75 Å². The fourth-order valence-corrected chi connectivity index (χ4v) is 2.80. The summed E-state index contributed by atoms with van der Waals surface area (Å²) in [6.45, 7) is 5.80. The lowest BCUT2D eigenvalue weighted by atomic mass is 9.98. The molecule has 0 radical (unpaired) electrons. The highest BCUT2D eigenvalue weighted by Crippen LogP contribution is 2.16. The van der Waals surface area contributed by atoms with Gasteiger partial charge in [-0.25, -0.2) is 0 Å². The number of hydrogen-bond donors (Lipinski definition) is 2. The molecule has 3 nitrogen and oxygen atoms in total. The van der Waals surface area contributed by atoms with E-state index in [9.17, 15) is 5.11 Å². The van der Waals surface area contributed by atoms with Gasteiger partial charge in [-0.2, -0.15) is 0 Å². The molecular formula is C16H26N2O. The van der Waals surface area contributed by atoms with Crippen LogP contribution >= 0.6 is 0 Å². The first-order chi connectivity index (χ1) is 9.15. The summed E-state index contributed by atoms with van der Waals surface area (Å²) in [5.41, 5.74) is 1.29. The molecule has 106 valence electrons. The minimum Gasteiger partial charge on any atom is -0.508 e. The zero-order chi connectivity index (χ0) is 13.7. The molecule has 2 atom stereocenters. The quantitative estimate of drug-likeness (QED) is 0.854. The van der Waals surface area contributed by atoms with E-state index in [2.05, 4.69) is 24.2 Å². The van der Waals surface area contributed by atoms with Crippen LogP contribution in [0.4, 0.5) is 0 Å². The number of likely N-dealkylation sites (N-methyl/N-ethyl adjacent to an activating group) is 1. The van der Waals surface area contributed by atoms with E-state index in [0.29, 0.717) is 11.8 Å². The van der Waals surface area contributed by atoms with E-state index in [0.717, 1.165) is 18.9 Å². The minimum atomic E-state index is 0.345. The minimum absolute atomic E-state index is 0.345. The van der Waals surface area contributed by atoms with Crippen LogP contribution in [-0.4, -0.2) is 42.7 Å². The lowest BCUT2D eigenvalue weighted by Gasteiger charge is -2.31. The summed E-state index contributed by atoms with van der Waals surface area (Å²) in [6, 6.07) is 8.11. The third kappa shape index (κ3) is 4.51. The van der Waals surface area contributed by atoms with Crippen molar-refractivity contribution in [1.82, 2.24) is 10.2 Å². The zero-order valence-corrected chi connectivity index (χ0v) is 12.1. The number of rotatable bonds is 5. The van der Waals surface area contributed by atoms with E-state index in [-0.39, 0.29) is 0 Å². The Morgan fingerprint density at radius 2 is 2.11 bits per heavy atom. The van der Waals surface area contributed by atoms with Crippen molar-refractivity contribution in [2.75, 3.05) is 26.7 Å². The highest BCUT2D eigenvalue weighted by Gasteiger charge is 2.18. The number of phenols is 1. The molecule has 1 aromatic rings. The van der Waals surface area contributed by atoms with Crippen molar-refractivity contribution in [3.05, 3.63) is 29.8 Å². The van der Waals surface area contributed by atoms with Crippen molar-refractivity contribution >= 4 is 0 Å². The first-order valence-corrected chi connectivity index (χ1v) is 7.34. The molecule has 1 aliphatic heterocycles. The molecule has 0 saturated carbocycles. The standard InChI is InChI=1S/C16H26N2O/c1-13(10-14-5-7-16(19)8-6-14)18(2)12-15-4-3-9-17-11-15/h5-8,13,15,17,19H,3-4,9-12H2,1-2H3. The van der Waals surface area contributed by atoms with E-state index in [4.69, 9.17) is 0 Å². The summed E-state index contributed by atoms with van der Waals surface area (Å²) in [6.07, 6.45) is 3.70. The Labute approximate surface area is 116 Å². The van der Waals surface area contributed by atoms with Crippen LogP contribution in [-0.2, 0) is 6.42 Å². The van der Waals surface area contributed by atoms with Crippen LogP contribution in [0.3, 0.4) is 0 Å². The average Bonchev–Trinajstić information content (AvgIpc) is 2.42. The molecule has 1 aromatic carbocycles. The Morgan fingerprint density at radius 1 is 1.37 bits per heavy atom. The predicted octanol–water partition coefficient (Wildman–Crippen LogP) is 2.25. The van der Waals surface area contributed by atoms with Crippen LogP contribution < -0.4 is 5.32 Å². The molecule has 2 N–H and O–H groups in total. The van der Waals surface area contributed by atoms with Crippen molar-refractivity contribution in [3.63, 3.8) is 0 Å². The normalized spacial score (nSPS) is 21.5. The number of hydrogen-bond acceptors (Lipinski definition) is 3. The van der Waals surface area contributed by atoms with Crippen LogP contribution in [0.5, 0.6) is 5.75 Å². The van der Waals surface area contributed by atoms with Gasteiger partial charge in [-0.1, -0.05) is 12.1 Å². The molecule has 0 aromatic heterocycles. The lowest BCUT2D eigenvalue weighted by molar-refractivity contribution is 0.197. The fourth-order valence-electron chi connectivity index (χ4n) is 2.80. The summed E-state index contributed by atoms with van der Waals surface area (Å²) in [5.74, 6) is 1.14. The van der Waals surface area contributed by atoms with Gasteiger partial charge in [0.2, 0.25) is 0 Å². The molecule has 0 bridgehead atoms. The smallest absolute Gasteiger partial charge is 0.115 e. The summed E-state index contributed by atoms with van der Waals surface area (Å²) >= 11 is 0. The first kappa shape index (κ1) is 14.4. The summed E-state index contributed by atoms with van der Waals surface area (Å²) in [7, 11) is 2.22. The van der Waals surface area contributed by atoms with E-state index in [1.807, 2.05) is 12.1 Å². The molecular weight excluding hydrogens is 236 g/mol. The van der Waals surface area contributed by atoms with Gasteiger partial charge in [-0.15, -0.1) is 0 Å². The first-order valence-electron chi connectivity index (χ1n) is 7.34. The maximum atomic E-state index is 9.30. The van der Waals surface area contributed by atoms with Gasteiger partial charge in [0, 0.05) is 12.6 Å². The van der Waals surface area contributed by atoms with Crippen LogP contribution in [0.2, 0.25) is 0 Å². The number of piperidine rings is 1. The summed E-state index contributed by atoms with van der Waals surface area (Å²) < 4.78 is 0. The number of nitrogens with one attached hydrogen (secondary N) is 1. The number of nitrogens with zero attached hydrogens (tertiary/aromatic N) is 1. The van der Waals surface area contributed by atoms with Gasteiger partial charge in [0.05, 0.1) is 0 Å². The Morgan fingerprint density at radius 3 is 2.74 bits per heavy atom. The van der Waals surface area contributed by atoms with Crippen molar-refractivity contribution in [2.45, 2.75) is 32.2 Å². The predicted molar refractivity (Wildman–Crippen MR) is 79.5 cm³/mol. The second-order valence-electron chi connectivity index (χ2n) is 5.87. The molecule has 1 heterocycles. The van der Waals surface area contributed by atoms with E-state index >= 15 is 0 Å². The Kier molecular flexibility index (Phi) is 5.23. The molecule has 0 aliphatic carbocycles. The van der Waals surface area contributed by atoms with Crippen LogP contribution in [0.15, 0.2) is 24.3 Å². The Hall–Kier alpha value is -1.06. The van der Waals surface area contributed by atoms with Gasteiger partial charge < -0.3 is 15.3 Å². The van der Waals surface area contributed by atoms with Gasteiger partial charge in [0.1, 0.15) is 5.75 Å². The third-order valence-electron chi connectivity index (χ3n) is 4.17. The zero-order valence-electron chi connectivity index (χ0n) is 12.1. The number of phenolic OH excluding ortho intramolecular Hbond substituents is 1. The maximum Gasteiger partial charge on any atom is 0.115 e. The average molecular weight is 262 g/mol. The third-order valence-corrected chi connectivity index (χ3v) is 4.17. The van der Waals surface area contributed by atoms with Crippen molar-refractivity contribution in [2.24, 2.45) is 5.92 Å². The second kappa shape index (κ2) is 6.92. The van der Waals surface area contributed by atoms with Gasteiger partial charge >= 0.3 is 0 Å². The summed E-state index contributed by atoms with van der Waals surface area (Å²) in [4.78, 5) is 2.46. The molecule has 0 spiro atoms.